The Hall–Kier alpha value is -2.28. The lowest BCUT2D eigenvalue weighted by Gasteiger charge is -2.10. The van der Waals surface area contributed by atoms with Crippen molar-refractivity contribution in [2.24, 2.45) is 0 Å². The largest absolute Gasteiger partial charge is 0.506 e. The summed E-state index contributed by atoms with van der Waals surface area (Å²) in [7, 11) is 0. The summed E-state index contributed by atoms with van der Waals surface area (Å²) in [5.74, 6) is 0.266. The van der Waals surface area contributed by atoms with E-state index < -0.39 is 5.56 Å². The first kappa shape index (κ1) is 11.8. The van der Waals surface area contributed by atoms with Crippen LogP contribution in [-0.4, -0.2) is 24.6 Å². The van der Waals surface area contributed by atoms with E-state index in [1.165, 1.54) is 17.1 Å². The minimum atomic E-state index is -0.428. The molecule has 0 radical (unpaired) electrons. The van der Waals surface area contributed by atoms with Gasteiger partial charge in [-0.2, -0.15) is 0 Å². The van der Waals surface area contributed by atoms with Crippen molar-refractivity contribution in [2.75, 3.05) is 0 Å². The SMILES string of the molecule is O=c1c(Br)c(O)c2cccnc2n1-c1ccncn1. The van der Waals surface area contributed by atoms with Crippen LogP contribution in [0.25, 0.3) is 16.9 Å². The van der Waals surface area contributed by atoms with Crippen LogP contribution in [0.3, 0.4) is 0 Å². The fourth-order valence-corrected chi connectivity index (χ4v) is 2.19. The molecule has 3 aromatic rings. The maximum atomic E-state index is 12.3. The van der Waals surface area contributed by atoms with Crippen molar-refractivity contribution >= 4 is 27.0 Å². The van der Waals surface area contributed by atoms with E-state index in [1.54, 1.807) is 24.4 Å². The van der Waals surface area contributed by atoms with Crippen LogP contribution in [0.2, 0.25) is 0 Å². The minimum absolute atomic E-state index is 0.0756. The summed E-state index contributed by atoms with van der Waals surface area (Å²) in [6.45, 7) is 0. The lowest BCUT2D eigenvalue weighted by molar-refractivity contribution is 0.476. The number of fused-ring (bicyclic) bond motifs is 1. The van der Waals surface area contributed by atoms with Gasteiger partial charge >= 0.3 is 0 Å². The topological polar surface area (TPSA) is 80.9 Å². The molecule has 0 saturated heterocycles. The van der Waals surface area contributed by atoms with Gasteiger partial charge in [0.1, 0.15) is 22.4 Å². The number of pyridine rings is 2. The molecule has 0 spiro atoms. The summed E-state index contributed by atoms with van der Waals surface area (Å²) in [6.07, 6.45) is 4.43. The molecule has 0 aliphatic heterocycles. The third-order valence-corrected chi connectivity index (χ3v) is 3.36. The molecular formula is C12H7BrN4O2. The predicted octanol–water partition coefficient (Wildman–Crippen LogP) is 1.64. The van der Waals surface area contributed by atoms with E-state index in [4.69, 9.17) is 0 Å². The number of hydrogen-bond acceptors (Lipinski definition) is 5. The highest BCUT2D eigenvalue weighted by Crippen LogP contribution is 2.29. The van der Waals surface area contributed by atoms with Crippen LogP contribution in [0.15, 0.2) is 46.2 Å². The second-order valence-corrected chi connectivity index (χ2v) is 4.54. The van der Waals surface area contributed by atoms with Gasteiger partial charge < -0.3 is 5.11 Å². The average Bonchev–Trinajstić information content (AvgIpc) is 2.46. The first-order valence-corrected chi connectivity index (χ1v) is 6.14. The second kappa shape index (κ2) is 4.43. The van der Waals surface area contributed by atoms with Crippen molar-refractivity contribution in [3.05, 3.63) is 51.7 Å². The fraction of sp³-hybridized carbons (Fsp3) is 0. The Balaban J connectivity index is 2.52. The Kier molecular flexibility index (Phi) is 2.75. The third kappa shape index (κ3) is 1.78. The molecule has 6 nitrogen and oxygen atoms in total. The normalized spacial score (nSPS) is 10.8. The quantitative estimate of drug-likeness (QED) is 0.737. The molecule has 0 fully saturated rings. The lowest BCUT2D eigenvalue weighted by atomic mass is 10.2. The number of nitrogens with zero attached hydrogens (tertiary/aromatic N) is 4. The van der Waals surface area contributed by atoms with Crippen molar-refractivity contribution in [3.8, 4) is 11.6 Å². The van der Waals surface area contributed by atoms with Gasteiger partial charge in [-0.3, -0.25) is 4.79 Å². The zero-order valence-corrected chi connectivity index (χ0v) is 11.1. The monoisotopic (exact) mass is 318 g/mol. The highest BCUT2D eigenvalue weighted by molar-refractivity contribution is 9.10. The molecule has 3 heterocycles. The zero-order valence-electron chi connectivity index (χ0n) is 9.49. The molecule has 3 rings (SSSR count). The molecule has 1 N–H and O–H groups in total. The molecule has 94 valence electrons. The van der Waals surface area contributed by atoms with Crippen LogP contribution in [0.5, 0.6) is 5.75 Å². The number of halogens is 1. The van der Waals surface area contributed by atoms with Crippen molar-refractivity contribution in [1.29, 1.82) is 0 Å². The van der Waals surface area contributed by atoms with Gasteiger partial charge in [0.2, 0.25) is 0 Å². The third-order valence-electron chi connectivity index (χ3n) is 2.65. The van der Waals surface area contributed by atoms with Crippen LogP contribution in [-0.2, 0) is 0 Å². The zero-order chi connectivity index (χ0) is 13.4. The highest BCUT2D eigenvalue weighted by atomic mass is 79.9. The first-order chi connectivity index (χ1) is 9.20. The molecule has 0 unspecified atom stereocenters. The maximum absolute atomic E-state index is 12.3. The summed E-state index contributed by atoms with van der Waals surface area (Å²) in [6, 6.07) is 4.96. The van der Waals surface area contributed by atoms with Crippen molar-refractivity contribution < 1.29 is 5.11 Å². The standard InChI is InChI=1S/C12H7BrN4O2/c13-9-10(18)7-2-1-4-15-11(7)17(12(9)19)8-3-5-14-6-16-8/h1-6,18H. The Morgan fingerprint density at radius 3 is 2.79 bits per heavy atom. The maximum Gasteiger partial charge on any atom is 0.276 e. The van der Waals surface area contributed by atoms with E-state index in [-0.39, 0.29) is 10.2 Å². The van der Waals surface area contributed by atoms with Crippen molar-refractivity contribution in [3.63, 3.8) is 0 Å². The van der Waals surface area contributed by atoms with E-state index in [0.29, 0.717) is 16.9 Å². The fourth-order valence-electron chi connectivity index (χ4n) is 1.80. The van der Waals surface area contributed by atoms with E-state index in [2.05, 4.69) is 30.9 Å². The number of aromatic hydroxyl groups is 1. The van der Waals surface area contributed by atoms with Gasteiger partial charge in [0.15, 0.2) is 5.65 Å². The first-order valence-electron chi connectivity index (χ1n) is 5.34. The average molecular weight is 319 g/mol. The molecule has 0 amide bonds. The molecule has 0 bridgehead atoms. The molecule has 0 aliphatic rings. The van der Waals surface area contributed by atoms with Crippen molar-refractivity contribution in [2.45, 2.75) is 0 Å². The van der Waals surface area contributed by atoms with Gasteiger partial charge in [-0.15, -0.1) is 0 Å². The Labute approximate surface area is 115 Å². The smallest absolute Gasteiger partial charge is 0.276 e. The van der Waals surface area contributed by atoms with Gasteiger partial charge in [-0.1, -0.05) is 0 Å². The van der Waals surface area contributed by atoms with Crippen LogP contribution in [0.1, 0.15) is 0 Å². The van der Waals surface area contributed by atoms with Crippen LogP contribution < -0.4 is 5.56 Å². The number of hydrogen-bond donors (Lipinski definition) is 1. The van der Waals surface area contributed by atoms with Gasteiger partial charge in [-0.25, -0.2) is 19.5 Å². The lowest BCUT2D eigenvalue weighted by Crippen LogP contribution is -2.21. The molecule has 0 aliphatic carbocycles. The van der Waals surface area contributed by atoms with E-state index in [1.807, 2.05) is 0 Å². The summed E-state index contributed by atoms with van der Waals surface area (Å²) in [5.41, 5.74) is -0.0886. The second-order valence-electron chi connectivity index (χ2n) is 3.75. The van der Waals surface area contributed by atoms with Crippen LogP contribution in [0, 0.1) is 0 Å². The summed E-state index contributed by atoms with van der Waals surface area (Å²) < 4.78 is 1.40. The van der Waals surface area contributed by atoms with E-state index in [0.717, 1.165) is 0 Å². The summed E-state index contributed by atoms with van der Waals surface area (Å²) >= 11 is 3.09. The number of aromatic nitrogens is 4. The minimum Gasteiger partial charge on any atom is -0.506 e. The molecule has 0 saturated carbocycles. The highest BCUT2D eigenvalue weighted by Gasteiger charge is 2.16. The van der Waals surface area contributed by atoms with Crippen LogP contribution in [0.4, 0.5) is 0 Å². The molecule has 0 aromatic carbocycles. The van der Waals surface area contributed by atoms with E-state index in [9.17, 15) is 9.90 Å². The predicted molar refractivity (Wildman–Crippen MR) is 72.3 cm³/mol. The van der Waals surface area contributed by atoms with Gasteiger partial charge in [-0.05, 0) is 34.1 Å². The summed E-state index contributed by atoms with van der Waals surface area (Å²) in [4.78, 5) is 24.3. The Bertz CT molecular complexity index is 817. The summed E-state index contributed by atoms with van der Waals surface area (Å²) in [5, 5.41) is 10.4. The van der Waals surface area contributed by atoms with Gasteiger partial charge in [0.25, 0.3) is 5.56 Å². The Morgan fingerprint density at radius 1 is 1.21 bits per heavy atom. The van der Waals surface area contributed by atoms with Crippen LogP contribution >= 0.6 is 15.9 Å². The molecular weight excluding hydrogens is 312 g/mol. The van der Waals surface area contributed by atoms with E-state index >= 15 is 0 Å². The number of rotatable bonds is 1. The van der Waals surface area contributed by atoms with Crippen molar-refractivity contribution in [1.82, 2.24) is 19.5 Å². The van der Waals surface area contributed by atoms with Gasteiger partial charge in [0, 0.05) is 12.4 Å². The molecule has 3 aromatic heterocycles. The molecule has 19 heavy (non-hydrogen) atoms. The molecule has 0 atom stereocenters. The Morgan fingerprint density at radius 2 is 2.05 bits per heavy atom. The van der Waals surface area contributed by atoms with Gasteiger partial charge in [0.05, 0.1) is 5.39 Å². The molecule has 7 heteroatoms.